The Morgan fingerprint density at radius 3 is 2.41 bits per heavy atom. The standard InChI is InChI=1S/C23H28F3N3O4S/c1-17(29(34(2,31)32)21-8-4-7-20(14-21)23(24,25)26)22(30)27-15-18-5-3-6-19(13-18)16-28-9-11-33-12-10-28/h3-8,13-14,17H,9-12,15-16H2,1-2H3,(H,27,30). The Hall–Kier alpha value is -2.63. The van der Waals surface area contributed by atoms with Crippen molar-refractivity contribution in [1.29, 1.82) is 0 Å². The Balaban J connectivity index is 1.70. The number of halogens is 3. The van der Waals surface area contributed by atoms with E-state index >= 15 is 0 Å². The summed E-state index contributed by atoms with van der Waals surface area (Å²) in [6.45, 7) is 5.31. The molecule has 3 rings (SSSR count). The van der Waals surface area contributed by atoms with Crippen LogP contribution in [0.5, 0.6) is 0 Å². The van der Waals surface area contributed by atoms with E-state index < -0.39 is 33.7 Å². The first-order valence-corrected chi connectivity index (χ1v) is 12.6. The van der Waals surface area contributed by atoms with Crippen molar-refractivity contribution in [2.75, 3.05) is 36.9 Å². The van der Waals surface area contributed by atoms with Crippen molar-refractivity contribution in [3.63, 3.8) is 0 Å². The summed E-state index contributed by atoms with van der Waals surface area (Å²) in [4.78, 5) is 15.1. The van der Waals surface area contributed by atoms with Crippen LogP contribution in [0.2, 0.25) is 0 Å². The molecular weight excluding hydrogens is 471 g/mol. The van der Waals surface area contributed by atoms with Gasteiger partial charge in [0.05, 0.1) is 30.7 Å². The molecule has 0 saturated carbocycles. The molecule has 1 N–H and O–H groups in total. The maximum Gasteiger partial charge on any atom is 0.416 e. The predicted octanol–water partition coefficient (Wildman–Crippen LogP) is 3.01. The number of sulfonamides is 1. The quantitative estimate of drug-likeness (QED) is 0.604. The van der Waals surface area contributed by atoms with Crippen LogP contribution >= 0.6 is 0 Å². The maximum atomic E-state index is 13.1. The molecule has 1 unspecified atom stereocenters. The highest BCUT2D eigenvalue weighted by atomic mass is 32.2. The van der Waals surface area contributed by atoms with Crippen molar-refractivity contribution in [2.45, 2.75) is 32.2 Å². The van der Waals surface area contributed by atoms with Gasteiger partial charge in [-0.2, -0.15) is 13.2 Å². The number of nitrogens with zero attached hydrogens (tertiary/aromatic N) is 2. The fourth-order valence-electron chi connectivity index (χ4n) is 3.82. The first-order valence-electron chi connectivity index (χ1n) is 10.8. The molecule has 11 heteroatoms. The number of alkyl halides is 3. The van der Waals surface area contributed by atoms with Gasteiger partial charge in [-0.05, 0) is 36.2 Å². The molecule has 1 amide bonds. The Bertz CT molecular complexity index is 1100. The minimum Gasteiger partial charge on any atom is -0.379 e. The fraction of sp³-hybridized carbons (Fsp3) is 0.435. The summed E-state index contributed by atoms with van der Waals surface area (Å²) >= 11 is 0. The highest BCUT2D eigenvalue weighted by molar-refractivity contribution is 7.92. The molecule has 1 saturated heterocycles. The van der Waals surface area contributed by atoms with Crippen LogP contribution in [0.3, 0.4) is 0 Å². The summed E-state index contributed by atoms with van der Waals surface area (Å²) in [5.41, 5.74) is 0.676. The summed E-state index contributed by atoms with van der Waals surface area (Å²) in [6, 6.07) is 10.3. The van der Waals surface area contributed by atoms with E-state index in [4.69, 9.17) is 4.74 Å². The normalized spacial score (nSPS) is 16.1. The molecule has 1 fully saturated rings. The number of ether oxygens (including phenoxy) is 1. The SMILES string of the molecule is CC(C(=O)NCc1cccc(CN2CCOCC2)c1)N(c1cccc(C(F)(F)F)c1)S(C)(=O)=O. The molecule has 1 aliphatic heterocycles. The summed E-state index contributed by atoms with van der Waals surface area (Å²) in [7, 11) is -4.04. The average Bonchev–Trinajstić information content (AvgIpc) is 2.77. The van der Waals surface area contributed by atoms with E-state index in [0.29, 0.717) is 17.5 Å². The van der Waals surface area contributed by atoms with E-state index in [1.54, 1.807) is 0 Å². The van der Waals surface area contributed by atoms with Crippen LogP contribution in [-0.2, 0) is 38.8 Å². The monoisotopic (exact) mass is 499 g/mol. The van der Waals surface area contributed by atoms with Gasteiger partial charge in [0.1, 0.15) is 6.04 Å². The number of morpholine rings is 1. The maximum absolute atomic E-state index is 13.1. The topological polar surface area (TPSA) is 79.0 Å². The molecule has 186 valence electrons. The van der Waals surface area contributed by atoms with Gasteiger partial charge < -0.3 is 10.1 Å². The lowest BCUT2D eigenvalue weighted by atomic mass is 10.1. The number of hydrogen-bond donors (Lipinski definition) is 1. The summed E-state index contributed by atoms with van der Waals surface area (Å²) in [5, 5.41) is 2.70. The fourth-order valence-corrected chi connectivity index (χ4v) is 4.99. The van der Waals surface area contributed by atoms with E-state index in [1.807, 2.05) is 24.3 Å². The van der Waals surface area contributed by atoms with Crippen LogP contribution < -0.4 is 9.62 Å². The third kappa shape index (κ3) is 6.94. The molecule has 1 aliphatic rings. The predicted molar refractivity (Wildman–Crippen MR) is 123 cm³/mol. The zero-order chi connectivity index (χ0) is 24.9. The lowest BCUT2D eigenvalue weighted by Crippen LogP contribution is -2.47. The second-order valence-electron chi connectivity index (χ2n) is 8.21. The van der Waals surface area contributed by atoms with Gasteiger partial charge in [0.2, 0.25) is 15.9 Å². The molecule has 34 heavy (non-hydrogen) atoms. The zero-order valence-corrected chi connectivity index (χ0v) is 19.8. The second kappa shape index (κ2) is 10.7. The molecule has 1 heterocycles. The number of carbonyl (C=O) groups is 1. The summed E-state index contributed by atoms with van der Waals surface area (Å²) in [5.74, 6) is -0.624. The van der Waals surface area contributed by atoms with Crippen molar-refractivity contribution in [2.24, 2.45) is 0 Å². The smallest absolute Gasteiger partial charge is 0.379 e. The number of amides is 1. The Morgan fingerprint density at radius 2 is 1.76 bits per heavy atom. The van der Waals surface area contributed by atoms with Gasteiger partial charge in [0.15, 0.2) is 0 Å². The van der Waals surface area contributed by atoms with Crippen molar-refractivity contribution in [3.8, 4) is 0 Å². The summed E-state index contributed by atoms with van der Waals surface area (Å²) < 4.78 is 70.2. The van der Waals surface area contributed by atoms with Crippen molar-refractivity contribution in [1.82, 2.24) is 10.2 Å². The number of nitrogens with one attached hydrogen (secondary N) is 1. The van der Waals surface area contributed by atoms with Crippen molar-refractivity contribution < 1.29 is 31.1 Å². The first kappa shape index (κ1) is 26.0. The number of hydrogen-bond acceptors (Lipinski definition) is 5. The van der Waals surface area contributed by atoms with Crippen LogP contribution in [0.1, 0.15) is 23.6 Å². The number of benzene rings is 2. The average molecular weight is 500 g/mol. The Kier molecular flexibility index (Phi) is 8.21. The molecule has 0 radical (unpaired) electrons. The van der Waals surface area contributed by atoms with Gasteiger partial charge in [-0.15, -0.1) is 0 Å². The highest BCUT2D eigenvalue weighted by Crippen LogP contribution is 2.32. The van der Waals surface area contributed by atoms with Gasteiger partial charge >= 0.3 is 6.18 Å². The van der Waals surface area contributed by atoms with Crippen LogP contribution in [0.25, 0.3) is 0 Å². The molecule has 2 aromatic carbocycles. The molecule has 1 atom stereocenters. The van der Waals surface area contributed by atoms with E-state index in [-0.39, 0.29) is 12.2 Å². The number of anilines is 1. The highest BCUT2D eigenvalue weighted by Gasteiger charge is 2.34. The van der Waals surface area contributed by atoms with Gasteiger partial charge in [0.25, 0.3) is 0 Å². The largest absolute Gasteiger partial charge is 0.416 e. The van der Waals surface area contributed by atoms with Crippen LogP contribution in [0, 0.1) is 0 Å². The number of carbonyl (C=O) groups excluding carboxylic acids is 1. The van der Waals surface area contributed by atoms with Gasteiger partial charge in [-0.25, -0.2) is 8.42 Å². The third-order valence-corrected chi connectivity index (χ3v) is 6.73. The van der Waals surface area contributed by atoms with Crippen LogP contribution in [0.15, 0.2) is 48.5 Å². The molecule has 0 bridgehead atoms. The third-order valence-electron chi connectivity index (χ3n) is 5.48. The molecule has 0 aliphatic carbocycles. The molecule has 7 nitrogen and oxygen atoms in total. The lowest BCUT2D eigenvalue weighted by molar-refractivity contribution is -0.137. The Morgan fingerprint density at radius 1 is 1.12 bits per heavy atom. The van der Waals surface area contributed by atoms with Crippen molar-refractivity contribution >= 4 is 21.6 Å². The molecular formula is C23H28F3N3O4S. The summed E-state index contributed by atoms with van der Waals surface area (Å²) in [6.07, 6.45) is -3.79. The molecule has 0 spiro atoms. The van der Waals surface area contributed by atoms with Gasteiger partial charge in [0, 0.05) is 26.2 Å². The minimum absolute atomic E-state index is 0.153. The van der Waals surface area contributed by atoms with Gasteiger partial charge in [-0.3, -0.25) is 14.0 Å². The Labute approximate surface area is 197 Å². The van der Waals surface area contributed by atoms with E-state index in [9.17, 15) is 26.4 Å². The minimum atomic E-state index is -4.64. The van der Waals surface area contributed by atoms with Crippen LogP contribution in [0.4, 0.5) is 18.9 Å². The molecule has 0 aromatic heterocycles. The van der Waals surface area contributed by atoms with Gasteiger partial charge in [-0.1, -0.05) is 30.3 Å². The number of rotatable bonds is 8. The second-order valence-corrected chi connectivity index (χ2v) is 10.1. The lowest BCUT2D eigenvalue weighted by Gasteiger charge is -2.29. The van der Waals surface area contributed by atoms with Crippen molar-refractivity contribution in [3.05, 3.63) is 65.2 Å². The zero-order valence-electron chi connectivity index (χ0n) is 19.0. The van der Waals surface area contributed by atoms with E-state index in [1.165, 1.54) is 13.0 Å². The first-order chi connectivity index (χ1) is 15.9. The molecule has 2 aromatic rings. The van der Waals surface area contributed by atoms with E-state index in [0.717, 1.165) is 55.2 Å². The van der Waals surface area contributed by atoms with Crippen LogP contribution in [-0.4, -0.2) is 57.8 Å². The van der Waals surface area contributed by atoms with E-state index in [2.05, 4.69) is 10.2 Å².